The van der Waals surface area contributed by atoms with E-state index in [1.165, 1.54) is 19.0 Å². The lowest BCUT2D eigenvalue weighted by Crippen LogP contribution is -1.97. The Hall–Kier alpha value is -0.610. The zero-order chi connectivity index (χ0) is 8.39. The number of hydrogen-bond donors (Lipinski definition) is 0. The van der Waals surface area contributed by atoms with Crippen LogP contribution in [0.2, 0.25) is 0 Å². The van der Waals surface area contributed by atoms with Gasteiger partial charge in [0.15, 0.2) is 0 Å². The van der Waals surface area contributed by atoms with Crippen molar-refractivity contribution in [3.05, 3.63) is 30.3 Å². The van der Waals surface area contributed by atoms with Crippen molar-refractivity contribution in [3.8, 4) is 0 Å². The summed E-state index contributed by atoms with van der Waals surface area (Å²) >= 11 is 0. The number of rotatable bonds is 1. The first-order valence-corrected chi connectivity index (χ1v) is 6.05. The highest BCUT2D eigenvalue weighted by Gasteiger charge is 2.23. The Morgan fingerprint density at radius 2 is 1.92 bits per heavy atom. The predicted octanol–water partition coefficient (Wildman–Crippen LogP) is 2.78. The average molecular weight is 177 g/mol. The first kappa shape index (κ1) is 8.01. The molecule has 1 heterocycles. The molecule has 1 aromatic rings. The van der Waals surface area contributed by atoms with Gasteiger partial charge >= 0.3 is 0 Å². The van der Waals surface area contributed by atoms with Crippen LogP contribution in [0.5, 0.6) is 0 Å². The summed E-state index contributed by atoms with van der Waals surface area (Å²) in [4.78, 5) is 0. The van der Waals surface area contributed by atoms with Crippen molar-refractivity contribution in [1.29, 1.82) is 0 Å². The highest BCUT2D eigenvalue weighted by atomic mass is 31.1. The van der Waals surface area contributed by atoms with Gasteiger partial charge in [-0.15, -0.1) is 0 Å². The average Bonchev–Trinajstić information content (AvgIpc) is 2.53. The van der Waals surface area contributed by atoms with Crippen LogP contribution in [0.15, 0.2) is 30.3 Å². The summed E-state index contributed by atoms with van der Waals surface area (Å²) in [5.74, 6) is 0. The van der Waals surface area contributed by atoms with Crippen molar-refractivity contribution in [3.63, 3.8) is 0 Å². The number of benzene rings is 1. The molecular formula is C11H14P+. The fourth-order valence-electron chi connectivity index (χ4n) is 1.78. The molecule has 62 valence electrons. The van der Waals surface area contributed by atoms with Crippen molar-refractivity contribution >= 4 is 18.1 Å². The smallest absolute Gasteiger partial charge is 0.0619 e. The second-order valence-electron chi connectivity index (χ2n) is 3.33. The molecule has 0 spiro atoms. The molecule has 12 heavy (non-hydrogen) atoms. The van der Waals surface area contributed by atoms with E-state index >= 15 is 0 Å². The maximum absolute atomic E-state index is 2.33. The molecule has 0 saturated carbocycles. The summed E-state index contributed by atoms with van der Waals surface area (Å²) in [6.45, 7) is 2.33. The Morgan fingerprint density at radius 1 is 1.17 bits per heavy atom. The highest BCUT2D eigenvalue weighted by Crippen LogP contribution is 2.33. The van der Waals surface area contributed by atoms with Crippen molar-refractivity contribution < 1.29 is 0 Å². The quantitative estimate of drug-likeness (QED) is 0.578. The lowest BCUT2D eigenvalue weighted by Gasteiger charge is -1.90. The lowest BCUT2D eigenvalue weighted by atomic mass is 10.3. The van der Waals surface area contributed by atoms with Gasteiger partial charge in [0.1, 0.15) is 24.3 Å². The minimum atomic E-state index is 0.115. The molecule has 1 aromatic carbocycles. The Labute approximate surface area is 75.0 Å². The number of hydrogen-bond acceptors (Lipinski definition) is 0. The van der Waals surface area contributed by atoms with E-state index in [-0.39, 0.29) is 7.55 Å². The molecular weight excluding hydrogens is 163 g/mol. The SMILES string of the molecule is CC1=[P+](c2ccccc2)CCC1. The Bertz CT molecular complexity index is 298. The fourth-order valence-corrected chi connectivity index (χ4v) is 4.29. The van der Waals surface area contributed by atoms with Crippen molar-refractivity contribution in [2.45, 2.75) is 19.8 Å². The van der Waals surface area contributed by atoms with Crippen LogP contribution >= 0.6 is 7.55 Å². The Morgan fingerprint density at radius 3 is 2.50 bits per heavy atom. The van der Waals surface area contributed by atoms with E-state index in [0.29, 0.717) is 0 Å². The van der Waals surface area contributed by atoms with E-state index in [2.05, 4.69) is 37.3 Å². The third-order valence-corrected chi connectivity index (χ3v) is 5.28. The van der Waals surface area contributed by atoms with Crippen LogP contribution in [-0.2, 0) is 0 Å². The summed E-state index contributed by atoms with van der Waals surface area (Å²) in [6, 6.07) is 11.0. The largest absolute Gasteiger partial charge is 0.148 e. The van der Waals surface area contributed by atoms with Crippen LogP contribution in [0.1, 0.15) is 19.8 Å². The van der Waals surface area contributed by atoms with Gasteiger partial charge in [0, 0.05) is 6.42 Å². The second kappa shape index (κ2) is 3.41. The monoisotopic (exact) mass is 177 g/mol. The van der Waals surface area contributed by atoms with Crippen LogP contribution in [0.25, 0.3) is 0 Å². The fraction of sp³-hybridized carbons (Fsp3) is 0.364. The summed E-state index contributed by atoms with van der Waals surface area (Å²) < 4.78 is 0. The summed E-state index contributed by atoms with van der Waals surface area (Å²) in [5, 5.41) is 3.30. The van der Waals surface area contributed by atoms with Crippen LogP contribution in [0, 0.1) is 0 Å². The molecule has 1 heteroatoms. The van der Waals surface area contributed by atoms with E-state index < -0.39 is 0 Å². The van der Waals surface area contributed by atoms with Gasteiger partial charge in [-0.2, -0.15) is 0 Å². The summed E-state index contributed by atoms with van der Waals surface area (Å²) in [5.41, 5.74) is 0. The molecule has 1 aliphatic heterocycles. The van der Waals surface area contributed by atoms with Gasteiger partial charge in [-0.05, 0) is 25.5 Å². The van der Waals surface area contributed by atoms with Crippen molar-refractivity contribution in [1.82, 2.24) is 0 Å². The standard InChI is InChI=1S/C11H14P/c1-10-6-5-9-12(10)11-7-3-2-4-8-11/h2-4,7-8H,5-6,9H2,1H3/q+1. The first-order chi connectivity index (χ1) is 5.88. The highest BCUT2D eigenvalue weighted by molar-refractivity contribution is 7.66. The van der Waals surface area contributed by atoms with E-state index in [4.69, 9.17) is 0 Å². The van der Waals surface area contributed by atoms with Gasteiger partial charge < -0.3 is 0 Å². The van der Waals surface area contributed by atoms with Gasteiger partial charge in [-0.1, -0.05) is 18.2 Å². The van der Waals surface area contributed by atoms with Gasteiger partial charge in [0.2, 0.25) is 0 Å². The van der Waals surface area contributed by atoms with Gasteiger partial charge in [0.25, 0.3) is 0 Å². The lowest BCUT2D eigenvalue weighted by molar-refractivity contribution is 1.03. The van der Waals surface area contributed by atoms with Crippen molar-refractivity contribution in [2.75, 3.05) is 6.16 Å². The van der Waals surface area contributed by atoms with Crippen LogP contribution < -0.4 is 5.30 Å². The minimum Gasteiger partial charge on any atom is -0.0619 e. The first-order valence-electron chi connectivity index (χ1n) is 4.53. The van der Waals surface area contributed by atoms with Crippen LogP contribution in [0.4, 0.5) is 0 Å². The molecule has 1 atom stereocenters. The molecule has 0 amide bonds. The van der Waals surface area contributed by atoms with E-state index in [9.17, 15) is 0 Å². The molecule has 2 rings (SSSR count). The van der Waals surface area contributed by atoms with Crippen molar-refractivity contribution in [2.24, 2.45) is 0 Å². The van der Waals surface area contributed by atoms with E-state index in [1.54, 1.807) is 10.6 Å². The Kier molecular flexibility index (Phi) is 2.28. The summed E-state index contributed by atoms with van der Waals surface area (Å²) in [6.07, 6.45) is 4.19. The molecule has 0 aliphatic carbocycles. The molecule has 1 aliphatic rings. The normalized spacial score (nSPS) is 20.1. The third kappa shape index (κ3) is 1.44. The van der Waals surface area contributed by atoms with Gasteiger partial charge in [0.05, 0.1) is 0 Å². The maximum Gasteiger partial charge on any atom is 0.148 e. The maximum atomic E-state index is 2.33. The second-order valence-corrected chi connectivity index (χ2v) is 5.91. The molecule has 0 radical (unpaired) electrons. The molecule has 0 aromatic heterocycles. The molecule has 0 N–H and O–H groups in total. The molecule has 0 saturated heterocycles. The van der Waals surface area contributed by atoms with Gasteiger partial charge in [-0.3, -0.25) is 0 Å². The van der Waals surface area contributed by atoms with Crippen LogP contribution in [0.3, 0.4) is 0 Å². The Balaban J connectivity index is 2.37. The summed E-state index contributed by atoms with van der Waals surface area (Å²) in [7, 11) is 0.115. The molecule has 0 nitrogen and oxygen atoms in total. The zero-order valence-corrected chi connectivity index (χ0v) is 8.35. The molecule has 0 fully saturated rings. The third-order valence-electron chi connectivity index (χ3n) is 2.45. The molecule has 0 bridgehead atoms. The van der Waals surface area contributed by atoms with Gasteiger partial charge in [-0.25, -0.2) is 0 Å². The van der Waals surface area contributed by atoms with Crippen LogP contribution in [-0.4, -0.2) is 11.5 Å². The molecule has 1 unspecified atom stereocenters. The minimum absolute atomic E-state index is 0.115. The predicted molar refractivity (Wildman–Crippen MR) is 57.8 cm³/mol. The van der Waals surface area contributed by atoms with E-state index in [1.807, 2.05) is 0 Å². The van der Waals surface area contributed by atoms with E-state index in [0.717, 1.165) is 0 Å². The zero-order valence-electron chi connectivity index (χ0n) is 7.46. The topological polar surface area (TPSA) is 0 Å².